The lowest BCUT2D eigenvalue weighted by molar-refractivity contribution is -0.133. The Morgan fingerprint density at radius 3 is 2.59 bits per heavy atom. The van der Waals surface area contributed by atoms with Crippen molar-refractivity contribution in [1.29, 1.82) is 0 Å². The van der Waals surface area contributed by atoms with Crippen LogP contribution in [0, 0.1) is 5.92 Å². The van der Waals surface area contributed by atoms with Crippen molar-refractivity contribution in [2.75, 3.05) is 13.1 Å². The first-order valence-electron chi connectivity index (χ1n) is 10.3. The van der Waals surface area contributed by atoms with Crippen LogP contribution in [0.4, 0.5) is 0 Å². The molecule has 2 N–H and O–H groups in total. The SMILES string of the molecule is CC[C@@]1(CCC(=O)N2CCC([C@H](O)Cc3ccccc3)CC2)CCC(=O)N1. The zero-order valence-electron chi connectivity index (χ0n) is 16.3. The number of hydrogen-bond acceptors (Lipinski definition) is 3. The van der Waals surface area contributed by atoms with Crippen molar-refractivity contribution >= 4 is 11.8 Å². The number of nitrogens with zero attached hydrogens (tertiary/aromatic N) is 1. The molecule has 3 rings (SSSR count). The molecule has 2 fully saturated rings. The summed E-state index contributed by atoms with van der Waals surface area (Å²) in [5, 5.41) is 13.6. The molecule has 0 unspecified atom stereocenters. The minimum Gasteiger partial charge on any atom is -0.392 e. The average Bonchev–Trinajstić information content (AvgIpc) is 3.08. The zero-order valence-corrected chi connectivity index (χ0v) is 16.3. The van der Waals surface area contributed by atoms with E-state index in [0.717, 1.165) is 50.8 Å². The summed E-state index contributed by atoms with van der Waals surface area (Å²) in [4.78, 5) is 26.1. The Morgan fingerprint density at radius 2 is 2.00 bits per heavy atom. The normalized spacial score (nSPS) is 24.7. The van der Waals surface area contributed by atoms with Crippen LogP contribution >= 0.6 is 0 Å². The van der Waals surface area contributed by atoms with E-state index in [2.05, 4.69) is 12.2 Å². The van der Waals surface area contributed by atoms with Crippen LogP contribution in [0.3, 0.4) is 0 Å². The summed E-state index contributed by atoms with van der Waals surface area (Å²) in [6.45, 7) is 3.53. The molecule has 0 saturated carbocycles. The quantitative estimate of drug-likeness (QED) is 0.773. The molecule has 0 bridgehead atoms. The average molecular weight is 373 g/mol. The molecule has 2 saturated heterocycles. The van der Waals surface area contributed by atoms with E-state index in [-0.39, 0.29) is 29.4 Å². The Labute approximate surface area is 162 Å². The fraction of sp³-hybridized carbons (Fsp3) is 0.636. The highest BCUT2D eigenvalue weighted by Crippen LogP contribution is 2.30. The highest BCUT2D eigenvalue weighted by atomic mass is 16.3. The minimum absolute atomic E-state index is 0.109. The number of nitrogens with one attached hydrogen (secondary N) is 1. The van der Waals surface area contributed by atoms with E-state index in [0.29, 0.717) is 19.3 Å². The van der Waals surface area contributed by atoms with Crippen molar-refractivity contribution in [2.45, 2.75) is 69.9 Å². The smallest absolute Gasteiger partial charge is 0.222 e. The van der Waals surface area contributed by atoms with Gasteiger partial charge in [-0.1, -0.05) is 37.3 Å². The third kappa shape index (κ3) is 5.10. The number of amides is 2. The van der Waals surface area contributed by atoms with Crippen molar-refractivity contribution in [3.05, 3.63) is 35.9 Å². The van der Waals surface area contributed by atoms with Gasteiger partial charge in [0.1, 0.15) is 0 Å². The molecular weight excluding hydrogens is 340 g/mol. The predicted octanol–water partition coefficient (Wildman–Crippen LogP) is 2.67. The maximum absolute atomic E-state index is 12.6. The number of likely N-dealkylation sites (tertiary alicyclic amines) is 1. The van der Waals surface area contributed by atoms with Gasteiger partial charge in [0.05, 0.1) is 6.10 Å². The van der Waals surface area contributed by atoms with Crippen molar-refractivity contribution in [3.8, 4) is 0 Å². The van der Waals surface area contributed by atoms with E-state index >= 15 is 0 Å². The van der Waals surface area contributed by atoms with Crippen molar-refractivity contribution in [2.24, 2.45) is 5.92 Å². The topological polar surface area (TPSA) is 69.6 Å². The number of piperidine rings is 1. The maximum atomic E-state index is 12.6. The minimum atomic E-state index is -0.346. The summed E-state index contributed by atoms with van der Waals surface area (Å²) < 4.78 is 0. The number of benzene rings is 1. The Morgan fingerprint density at radius 1 is 1.30 bits per heavy atom. The lowest BCUT2D eigenvalue weighted by Gasteiger charge is -2.35. The van der Waals surface area contributed by atoms with E-state index in [1.54, 1.807) is 0 Å². The second-order valence-corrected chi connectivity index (χ2v) is 8.16. The van der Waals surface area contributed by atoms with Crippen molar-refractivity contribution in [3.63, 3.8) is 0 Å². The third-order valence-electron chi connectivity index (χ3n) is 6.45. The number of carbonyl (C=O) groups excluding carboxylic acids is 2. The molecule has 27 heavy (non-hydrogen) atoms. The molecule has 2 amide bonds. The lowest BCUT2D eigenvalue weighted by atomic mass is 9.87. The van der Waals surface area contributed by atoms with Gasteiger partial charge in [0.15, 0.2) is 0 Å². The molecule has 0 aromatic heterocycles. The molecule has 0 radical (unpaired) electrons. The summed E-state index contributed by atoms with van der Waals surface area (Å²) in [5.41, 5.74) is 0.976. The third-order valence-corrected chi connectivity index (χ3v) is 6.45. The first-order chi connectivity index (χ1) is 13.0. The van der Waals surface area contributed by atoms with E-state index in [1.807, 2.05) is 35.2 Å². The highest BCUT2D eigenvalue weighted by Gasteiger charge is 2.36. The van der Waals surface area contributed by atoms with Gasteiger partial charge < -0.3 is 15.3 Å². The first-order valence-corrected chi connectivity index (χ1v) is 10.3. The summed E-state index contributed by atoms with van der Waals surface area (Å²) in [6, 6.07) is 10.1. The monoisotopic (exact) mass is 372 g/mol. The maximum Gasteiger partial charge on any atom is 0.222 e. The number of hydrogen-bond donors (Lipinski definition) is 2. The van der Waals surface area contributed by atoms with Gasteiger partial charge in [-0.3, -0.25) is 9.59 Å². The number of rotatable bonds is 7. The van der Waals surface area contributed by atoms with Gasteiger partial charge in [0.25, 0.3) is 0 Å². The molecule has 0 aliphatic carbocycles. The van der Waals surface area contributed by atoms with E-state index in [9.17, 15) is 14.7 Å². The van der Waals surface area contributed by atoms with Crippen LogP contribution < -0.4 is 5.32 Å². The van der Waals surface area contributed by atoms with Crippen LogP contribution in [0.2, 0.25) is 0 Å². The van der Waals surface area contributed by atoms with E-state index in [4.69, 9.17) is 0 Å². The van der Waals surface area contributed by atoms with Crippen molar-refractivity contribution < 1.29 is 14.7 Å². The molecule has 2 aliphatic rings. The predicted molar refractivity (Wildman–Crippen MR) is 105 cm³/mol. The van der Waals surface area contributed by atoms with Gasteiger partial charge in [-0.05, 0) is 50.0 Å². The van der Waals surface area contributed by atoms with Gasteiger partial charge in [-0.25, -0.2) is 0 Å². The number of aliphatic hydroxyl groups excluding tert-OH is 1. The lowest BCUT2D eigenvalue weighted by Crippen LogP contribution is -2.44. The molecule has 2 aliphatic heterocycles. The summed E-state index contributed by atoms with van der Waals surface area (Å²) in [5.74, 6) is 0.544. The fourth-order valence-corrected chi connectivity index (χ4v) is 4.46. The molecular formula is C22H32N2O3. The van der Waals surface area contributed by atoms with Gasteiger partial charge >= 0.3 is 0 Å². The van der Waals surface area contributed by atoms with Crippen LogP contribution in [0.5, 0.6) is 0 Å². The van der Waals surface area contributed by atoms with Gasteiger partial charge in [0, 0.05) is 31.5 Å². The van der Waals surface area contributed by atoms with E-state index in [1.165, 1.54) is 0 Å². The highest BCUT2D eigenvalue weighted by molar-refractivity contribution is 5.80. The van der Waals surface area contributed by atoms with Gasteiger partial charge in [-0.15, -0.1) is 0 Å². The van der Waals surface area contributed by atoms with Crippen molar-refractivity contribution in [1.82, 2.24) is 10.2 Å². The Balaban J connectivity index is 1.43. The standard InChI is InChI=1S/C22H32N2O3/c1-2-22(12-8-20(26)23-22)13-9-21(27)24-14-10-18(11-15-24)19(25)16-17-6-4-3-5-7-17/h3-7,18-19,25H,2,8-16H2,1H3,(H,23,26)/t19-,22+/m1/s1. The number of aliphatic hydroxyl groups is 1. The summed E-state index contributed by atoms with van der Waals surface area (Å²) >= 11 is 0. The Kier molecular flexibility index (Phi) is 6.53. The molecule has 1 aromatic rings. The Hall–Kier alpha value is -1.88. The van der Waals surface area contributed by atoms with Gasteiger partial charge in [0.2, 0.25) is 11.8 Å². The molecule has 0 spiro atoms. The second-order valence-electron chi connectivity index (χ2n) is 8.16. The number of carbonyl (C=O) groups is 2. The summed E-state index contributed by atoms with van der Waals surface area (Å²) in [7, 11) is 0. The van der Waals surface area contributed by atoms with Crippen LogP contribution in [0.15, 0.2) is 30.3 Å². The fourth-order valence-electron chi connectivity index (χ4n) is 4.46. The largest absolute Gasteiger partial charge is 0.392 e. The molecule has 5 nitrogen and oxygen atoms in total. The first kappa shape index (κ1) is 19.9. The molecule has 1 aromatic carbocycles. The summed E-state index contributed by atoms with van der Waals surface area (Å²) in [6.07, 6.45) is 5.55. The molecule has 5 heteroatoms. The van der Waals surface area contributed by atoms with Crippen LogP contribution in [-0.2, 0) is 16.0 Å². The molecule has 2 atom stereocenters. The van der Waals surface area contributed by atoms with E-state index < -0.39 is 0 Å². The molecule has 148 valence electrons. The van der Waals surface area contributed by atoms with Crippen LogP contribution in [-0.4, -0.2) is 46.6 Å². The molecule has 2 heterocycles. The Bertz CT molecular complexity index is 640. The zero-order chi connectivity index (χ0) is 19.3. The van der Waals surface area contributed by atoms with Gasteiger partial charge in [-0.2, -0.15) is 0 Å². The van der Waals surface area contributed by atoms with Crippen LogP contribution in [0.1, 0.15) is 57.4 Å². The van der Waals surface area contributed by atoms with Crippen LogP contribution in [0.25, 0.3) is 0 Å². The second kappa shape index (κ2) is 8.87.